The third-order valence-corrected chi connectivity index (χ3v) is 3.26. The summed E-state index contributed by atoms with van der Waals surface area (Å²) in [6.45, 7) is 3.80. The third kappa shape index (κ3) is 2.26. The van der Waals surface area contributed by atoms with Gasteiger partial charge in [0.25, 0.3) is 0 Å². The number of phenolic OH excluding ortho intramolecular Hbond substituents is 1. The number of aryl methyl sites for hydroxylation is 2. The Labute approximate surface area is 115 Å². The zero-order chi connectivity index (χ0) is 13.4. The van der Waals surface area contributed by atoms with Crippen LogP contribution in [0.4, 0.5) is 0 Å². The number of rotatable bonds is 2. The van der Waals surface area contributed by atoms with E-state index in [1.807, 2.05) is 13.8 Å². The summed E-state index contributed by atoms with van der Waals surface area (Å²) in [5, 5.41) is 14.3. The Morgan fingerprint density at radius 1 is 1.22 bits per heavy atom. The van der Waals surface area contributed by atoms with Crippen molar-refractivity contribution in [3.63, 3.8) is 0 Å². The van der Waals surface area contributed by atoms with Crippen molar-refractivity contribution in [1.82, 2.24) is 9.78 Å². The van der Waals surface area contributed by atoms with Crippen LogP contribution in [0, 0.1) is 13.8 Å². The highest BCUT2D eigenvalue weighted by Crippen LogP contribution is 2.38. The summed E-state index contributed by atoms with van der Waals surface area (Å²) < 4.78 is 7.29. The van der Waals surface area contributed by atoms with Crippen molar-refractivity contribution in [1.29, 1.82) is 0 Å². The van der Waals surface area contributed by atoms with Gasteiger partial charge in [-0.1, -0.05) is 23.2 Å². The standard InChI is InChI=1S/C12H12Cl2N2O2/c1-6-7(2)15-16(3)12(6)18-11-5-10(17)8(13)4-9(11)14/h4-5,17H,1-3H3. The van der Waals surface area contributed by atoms with E-state index in [0.717, 1.165) is 11.3 Å². The number of nitrogens with zero attached hydrogens (tertiary/aromatic N) is 2. The molecule has 0 bridgehead atoms. The molecule has 0 fully saturated rings. The van der Waals surface area contributed by atoms with Crippen LogP contribution in [-0.4, -0.2) is 14.9 Å². The van der Waals surface area contributed by atoms with Gasteiger partial charge in [0.15, 0.2) is 5.75 Å². The lowest BCUT2D eigenvalue weighted by Gasteiger charge is -2.09. The lowest BCUT2D eigenvalue weighted by molar-refractivity contribution is 0.420. The second kappa shape index (κ2) is 4.71. The molecular formula is C12H12Cl2N2O2. The van der Waals surface area contributed by atoms with Crippen molar-refractivity contribution in [2.75, 3.05) is 0 Å². The number of aromatic nitrogens is 2. The van der Waals surface area contributed by atoms with E-state index in [0.29, 0.717) is 16.7 Å². The number of halogens is 2. The molecule has 1 heterocycles. The topological polar surface area (TPSA) is 47.3 Å². The molecule has 0 saturated heterocycles. The van der Waals surface area contributed by atoms with Crippen molar-refractivity contribution in [3.05, 3.63) is 33.4 Å². The first-order valence-electron chi connectivity index (χ1n) is 5.26. The lowest BCUT2D eigenvalue weighted by Crippen LogP contribution is -1.96. The molecule has 0 aliphatic heterocycles. The smallest absolute Gasteiger partial charge is 0.220 e. The zero-order valence-corrected chi connectivity index (χ0v) is 11.7. The van der Waals surface area contributed by atoms with Gasteiger partial charge in [-0.15, -0.1) is 0 Å². The third-order valence-electron chi connectivity index (χ3n) is 2.67. The highest BCUT2D eigenvalue weighted by molar-refractivity contribution is 6.36. The molecule has 1 N–H and O–H groups in total. The Hall–Kier alpha value is -1.39. The summed E-state index contributed by atoms with van der Waals surface area (Å²) in [4.78, 5) is 0. The molecule has 96 valence electrons. The summed E-state index contributed by atoms with van der Waals surface area (Å²) in [5.41, 5.74) is 1.80. The van der Waals surface area contributed by atoms with Crippen LogP contribution in [0.5, 0.6) is 17.4 Å². The van der Waals surface area contributed by atoms with Crippen LogP contribution in [0.25, 0.3) is 0 Å². The Balaban J connectivity index is 2.43. The summed E-state index contributed by atoms with van der Waals surface area (Å²) in [7, 11) is 1.78. The van der Waals surface area contributed by atoms with Gasteiger partial charge >= 0.3 is 0 Å². The van der Waals surface area contributed by atoms with Crippen molar-refractivity contribution < 1.29 is 9.84 Å². The van der Waals surface area contributed by atoms with Gasteiger partial charge in [0.05, 0.1) is 15.7 Å². The highest BCUT2D eigenvalue weighted by Gasteiger charge is 2.14. The highest BCUT2D eigenvalue weighted by atomic mass is 35.5. The minimum atomic E-state index is -0.0763. The first kappa shape index (κ1) is 13.1. The normalized spacial score (nSPS) is 10.7. The summed E-state index contributed by atoms with van der Waals surface area (Å²) >= 11 is 11.8. The second-order valence-electron chi connectivity index (χ2n) is 3.98. The number of hydrogen-bond acceptors (Lipinski definition) is 3. The zero-order valence-electron chi connectivity index (χ0n) is 10.2. The van der Waals surface area contributed by atoms with E-state index < -0.39 is 0 Å². The largest absolute Gasteiger partial charge is 0.506 e. The van der Waals surface area contributed by atoms with E-state index in [1.54, 1.807) is 11.7 Å². The van der Waals surface area contributed by atoms with Gasteiger partial charge in [-0.25, -0.2) is 4.68 Å². The molecule has 18 heavy (non-hydrogen) atoms. The van der Waals surface area contributed by atoms with Gasteiger partial charge in [0.1, 0.15) is 5.75 Å². The fourth-order valence-corrected chi connectivity index (χ4v) is 2.01. The van der Waals surface area contributed by atoms with E-state index in [4.69, 9.17) is 27.9 Å². The van der Waals surface area contributed by atoms with Gasteiger partial charge in [-0.05, 0) is 19.9 Å². The van der Waals surface area contributed by atoms with Crippen LogP contribution in [0.3, 0.4) is 0 Å². The number of aromatic hydroxyl groups is 1. The van der Waals surface area contributed by atoms with Crippen molar-refractivity contribution in [2.45, 2.75) is 13.8 Å². The number of benzene rings is 1. The minimum Gasteiger partial charge on any atom is -0.506 e. The van der Waals surface area contributed by atoms with Gasteiger partial charge in [0.2, 0.25) is 5.88 Å². The Morgan fingerprint density at radius 2 is 1.89 bits per heavy atom. The van der Waals surface area contributed by atoms with Gasteiger partial charge in [-0.3, -0.25) is 0 Å². The van der Waals surface area contributed by atoms with Crippen LogP contribution in [0.15, 0.2) is 12.1 Å². The molecular weight excluding hydrogens is 275 g/mol. The maximum Gasteiger partial charge on any atom is 0.220 e. The van der Waals surface area contributed by atoms with Crippen molar-refractivity contribution in [2.24, 2.45) is 7.05 Å². The van der Waals surface area contributed by atoms with Gasteiger partial charge < -0.3 is 9.84 Å². The van der Waals surface area contributed by atoms with E-state index in [-0.39, 0.29) is 10.8 Å². The van der Waals surface area contributed by atoms with Crippen LogP contribution < -0.4 is 4.74 Å². The molecule has 0 aliphatic carbocycles. The molecule has 0 radical (unpaired) electrons. The first-order valence-corrected chi connectivity index (χ1v) is 6.01. The monoisotopic (exact) mass is 286 g/mol. The van der Waals surface area contributed by atoms with E-state index in [9.17, 15) is 5.11 Å². The summed E-state index contributed by atoms with van der Waals surface area (Å²) in [6, 6.07) is 2.82. The van der Waals surface area contributed by atoms with E-state index >= 15 is 0 Å². The van der Waals surface area contributed by atoms with Gasteiger partial charge in [-0.2, -0.15) is 5.10 Å². The molecule has 0 unspecified atom stereocenters. The molecule has 1 aromatic heterocycles. The maximum atomic E-state index is 9.55. The average molecular weight is 287 g/mol. The molecule has 0 atom stereocenters. The molecule has 0 aliphatic rings. The van der Waals surface area contributed by atoms with E-state index in [2.05, 4.69) is 5.10 Å². The number of ether oxygens (including phenoxy) is 1. The Kier molecular flexibility index (Phi) is 3.41. The first-order chi connectivity index (χ1) is 8.40. The summed E-state index contributed by atoms with van der Waals surface area (Å²) in [5.74, 6) is 0.841. The lowest BCUT2D eigenvalue weighted by atomic mass is 10.3. The minimum absolute atomic E-state index is 0.0763. The quantitative estimate of drug-likeness (QED) is 0.912. The molecule has 6 heteroatoms. The predicted octanol–water partition coefficient (Wildman–Crippen LogP) is 3.84. The maximum absolute atomic E-state index is 9.55. The van der Waals surface area contributed by atoms with Crippen LogP contribution in [0.2, 0.25) is 10.0 Å². The molecule has 2 aromatic rings. The molecule has 2 rings (SSSR count). The summed E-state index contributed by atoms with van der Waals surface area (Å²) in [6.07, 6.45) is 0. The SMILES string of the molecule is Cc1nn(C)c(Oc2cc(O)c(Cl)cc2Cl)c1C. The van der Waals surface area contributed by atoms with Crippen LogP contribution in [-0.2, 0) is 7.05 Å². The van der Waals surface area contributed by atoms with Crippen LogP contribution >= 0.6 is 23.2 Å². The number of phenols is 1. The molecule has 1 aromatic carbocycles. The van der Waals surface area contributed by atoms with Crippen LogP contribution in [0.1, 0.15) is 11.3 Å². The predicted molar refractivity (Wildman–Crippen MR) is 70.9 cm³/mol. The fourth-order valence-electron chi connectivity index (χ4n) is 1.59. The average Bonchev–Trinajstić information content (AvgIpc) is 2.52. The molecule has 4 nitrogen and oxygen atoms in total. The van der Waals surface area contributed by atoms with E-state index in [1.165, 1.54) is 12.1 Å². The van der Waals surface area contributed by atoms with Gasteiger partial charge in [0, 0.05) is 18.7 Å². The number of hydrogen-bond donors (Lipinski definition) is 1. The second-order valence-corrected chi connectivity index (χ2v) is 4.79. The molecule has 0 saturated carbocycles. The van der Waals surface area contributed by atoms with Crippen molar-refractivity contribution in [3.8, 4) is 17.4 Å². The Morgan fingerprint density at radius 3 is 2.44 bits per heavy atom. The molecule has 0 spiro atoms. The van der Waals surface area contributed by atoms with Crippen molar-refractivity contribution >= 4 is 23.2 Å². The molecule has 0 amide bonds. The Bertz CT molecular complexity index is 609. The fraction of sp³-hybridized carbons (Fsp3) is 0.250.